The quantitative estimate of drug-likeness (QED) is 0.563. The van der Waals surface area contributed by atoms with Crippen LogP contribution in [-0.4, -0.2) is 0 Å². The lowest BCUT2D eigenvalue weighted by atomic mass is 10.2. The third kappa shape index (κ3) is 4.69. The van der Waals surface area contributed by atoms with E-state index >= 15 is 0 Å². The first-order valence-electron chi connectivity index (χ1n) is 4.49. The summed E-state index contributed by atoms with van der Waals surface area (Å²) in [7, 11) is 0. The Labute approximate surface area is 94.9 Å². The van der Waals surface area contributed by atoms with Crippen LogP contribution in [-0.2, 0) is 0 Å². The number of nitriles is 2. The number of ether oxygens (including phenoxy) is 2. The van der Waals surface area contributed by atoms with E-state index in [1.807, 2.05) is 6.92 Å². The van der Waals surface area contributed by atoms with Crippen molar-refractivity contribution < 1.29 is 9.47 Å². The molecule has 0 aromatic heterocycles. The van der Waals surface area contributed by atoms with Gasteiger partial charge in [-0.1, -0.05) is 12.1 Å². The standard InChI is InChI=1S/C9H6N2O2.C3H6/c1-7-2-3-8(12-5-10)4-9(7)13-6-11;1-3-2/h2-4H,1H3;3H,1H2,2H3. The number of nitrogens with zero attached hydrogens (tertiary/aromatic N) is 2. The van der Waals surface area contributed by atoms with E-state index in [0.717, 1.165) is 5.56 Å². The van der Waals surface area contributed by atoms with Gasteiger partial charge < -0.3 is 9.47 Å². The van der Waals surface area contributed by atoms with E-state index in [-0.39, 0.29) is 0 Å². The number of allylic oxidation sites excluding steroid dienone is 1. The molecule has 82 valence electrons. The van der Waals surface area contributed by atoms with Crippen LogP contribution >= 0.6 is 0 Å². The van der Waals surface area contributed by atoms with Gasteiger partial charge in [0.25, 0.3) is 12.5 Å². The second-order valence-electron chi connectivity index (χ2n) is 2.72. The minimum absolute atomic E-state index is 0.360. The molecular formula is C12H12N2O2. The Morgan fingerprint density at radius 2 is 1.81 bits per heavy atom. The van der Waals surface area contributed by atoms with Crippen LogP contribution in [0, 0.1) is 30.0 Å². The zero-order chi connectivity index (χ0) is 12.4. The first-order chi connectivity index (χ1) is 7.69. The SMILES string of the molecule is C=CC.Cc1ccc(OC#N)cc1OC#N. The fourth-order valence-corrected chi connectivity index (χ4v) is 0.856. The highest BCUT2D eigenvalue weighted by Crippen LogP contribution is 2.23. The molecule has 0 N–H and O–H groups in total. The number of hydrogen-bond acceptors (Lipinski definition) is 4. The van der Waals surface area contributed by atoms with Crippen LogP contribution in [0.1, 0.15) is 12.5 Å². The van der Waals surface area contributed by atoms with Crippen LogP contribution in [0.15, 0.2) is 30.9 Å². The highest BCUT2D eigenvalue weighted by Gasteiger charge is 2.01. The second-order valence-corrected chi connectivity index (χ2v) is 2.72. The van der Waals surface area contributed by atoms with Gasteiger partial charge in [0.05, 0.1) is 0 Å². The summed E-state index contributed by atoms with van der Waals surface area (Å²) >= 11 is 0. The van der Waals surface area contributed by atoms with E-state index in [1.54, 1.807) is 31.4 Å². The van der Waals surface area contributed by atoms with Crippen LogP contribution in [0.3, 0.4) is 0 Å². The molecule has 0 radical (unpaired) electrons. The molecule has 1 aromatic rings. The molecule has 1 aromatic carbocycles. The van der Waals surface area contributed by atoms with Crippen molar-refractivity contribution in [2.75, 3.05) is 0 Å². The molecule has 0 aliphatic rings. The summed E-state index contributed by atoms with van der Waals surface area (Å²) in [6, 6.07) is 4.82. The van der Waals surface area contributed by atoms with Crippen molar-refractivity contribution in [3.8, 4) is 24.0 Å². The predicted molar refractivity (Wildman–Crippen MR) is 59.5 cm³/mol. The molecule has 0 heterocycles. The molecule has 4 nitrogen and oxygen atoms in total. The molecule has 0 amide bonds. The van der Waals surface area contributed by atoms with Gasteiger partial charge in [0.2, 0.25) is 0 Å². The van der Waals surface area contributed by atoms with E-state index in [1.165, 1.54) is 12.3 Å². The van der Waals surface area contributed by atoms with E-state index < -0.39 is 0 Å². The van der Waals surface area contributed by atoms with E-state index in [0.29, 0.717) is 11.5 Å². The summed E-state index contributed by atoms with van der Waals surface area (Å²) in [4.78, 5) is 0. The zero-order valence-electron chi connectivity index (χ0n) is 9.23. The Kier molecular flexibility index (Phi) is 6.68. The third-order valence-electron chi connectivity index (χ3n) is 1.48. The summed E-state index contributed by atoms with van der Waals surface area (Å²) < 4.78 is 9.20. The molecule has 0 unspecified atom stereocenters. The van der Waals surface area contributed by atoms with Crippen molar-refractivity contribution in [3.63, 3.8) is 0 Å². The van der Waals surface area contributed by atoms with Crippen LogP contribution in [0.25, 0.3) is 0 Å². The fourth-order valence-electron chi connectivity index (χ4n) is 0.856. The van der Waals surface area contributed by atoms with Crippen molar-refractivity contribution in [1.29, 1.82) is 10.5 Å². The molecule has 0 aliphatic carbocycles. The molecule has 0 aliphatic heterocycles. The van der Waals surface area contributed by atoms with Crippen LogP contribution in [0.2, 0.25) is 0 Å². The topological polar surface area (TPSA) is 66.0 Å². The lowest BCUT2D eigenvalue weighted by Gasteiger charge is -2.02. The normalized spacial score (nSPS) is 7.50. The maximum atomic E-state index is 8.29. The van der Waals surface area contributed by atoms with Gasteiger partial charge in [0.1, 0.15) is 11.5 Å². The molecule has 0 fully saturated rings. The van der Waals surface area contributed by atoms with Gasteiger partial charge in [0, 0.05) is 6.07 Å². The summed E-state index contributed by atoms with van der Waals surface area (Å²) in [5, 5.41) is 16.5. The van der Waals surface area contributed by atoms with Crippen molar-refractivity contribution in [1.82, 2.24) is 0 Å². The minimum atomic E-state index is 0.360. The maximum Gasteiger partial charge on any atom is 0.292 e. The van der Waals surface area contributed by atoms with Crippen molar-refractivity contribution >= 4 is 0 Å². The Hall–Kier alpha value is -2.46. The summed E-state index contributed by atoms with van der Waals surface area (Å²) in [6.45, 7) is 7.04. The number of rotatable bonds is 2. The van der Waals surface area contributed by atoms with E-state index in [9.17, 15) is 0 Å². The number of aryl methyl sites for hydroxylation is 1. The molecular weight excluding hydrogens is 204 g/mol. The largest absolute Gasteiger partial charge is 0.388 e. The zero-order valence-corrected chi connectivity index (χ0v) is 9.23. The Morgan fingerprint density at radius 1 is 1.25 bits per heavy atom. The molecule has 1 rings (SSSR count). The molecule has 0 atom stereocenters. The molecule has 0 saturated carbocycles. The highest BCUT2D eigenvalue weighted by molar-refractivity contribution is 5.40. The van der Waals surface area contributed by atoms with Gasteiger partial charge in [-0.3, -0.25) is 0 Å². The van der Waals surface area contributed by atoms with Gasteiger partial charge >= 0.3 is 0 Å². The first kappa shape index (κ1) is 13.5. The van der Waals surface area contributed by atoms with Gasteiger partial charge in [0.15, 0.2) is 0 Å². The third-order valence-corrected chi connectivity index (χ3v) is 1.48. The average Bonchev–Trinajstić information content (AvgIpc) is 2.25. The minimum Gasteiger partial charge on any atom is -0.388 e. The fraction of sp³-hybridized carbons (Fsp3) is 0.167. The highest BCUT2D eigenvalue weighted by atomic mass is 16.5. The van der Waals surface area contributed by atoms with E-state index in [2.05, 4.69) is 16.1 Å². The average molecular weight is 216 g/mol. The van der Waals surface area contributed by atoms with E-state index in [4.69, 9.17) is 10.5 Å². The van der Waals surface area contributed by atoms with Crippen LogP contribution in [0.5, 0.6) is 11.5 Å². The predicted octanol–water partition coefficient (Wildman–Crippen LogP) is 2.91. The molecule has 0 saturated heterocycles. The molecule has 4 heteroatoms. The van der Waals surface area contributed by atoms with Crippen LogP contribution < -0.4 is 9.47 Å². The monoisotopic (exact) mass is 216 g/mol. The van der Waals surface area contributed by atoms with Gasteiger partial charge in [-0.05, 0) is 25.5 Å². The first-order valence-corrected chi connectivity index (χ1v) is 4.49. The van der Waals surface area contributed by atoms with Crippen LogP contribution in [0.4, 0.5) is 0 Å². The lowest BCUT2D eigenvalue weighted by molar-refractivity contribution is 0.481. The number of benzene rings is 1. The summed E-state index contributed by atoms with van der Waals surface area (Å²) in [6.07, 6.45) is 4.84. The van der Waals surface area contributed by atoms with Crippen molar-refractivity contribution in [2.24, 2.45) is 0 Å². The molecule has 0 bridgehead atoms. The Balaban J connectivity index is 0.000000673. The maximum absolute atomic E-state index is 8.29. The summed E-state index contributed by atoms with van der Waals surface area (Å²) in [5.74, 6) is 0.758. The van der Waals surface area contributed by atoms with Crippen molar-refractivity contribution in [3.05, 3.63) is 36.4 Å². The van der Waals surface area contributed by atoms with Gasteiger partial charge in [-0.15, -0.1) is 17.1 Å². The number of hydrogen-bond donors (Lipinski definition) is 0. The second kappa shape index (κ2) is 7.90. The Morgan fingerprint density at radius 3 is 2.31 bits per heavy atom. The van der Waals surface area contributed by atoms with Gasteiger partial charge in [-0.25, -0.2) is 0 Å². The van der Waals surface area contributed by atoms with Gasteiger partial charge in [-0.2, -0.15) is 0 Å². The molecule has 0 spiro atoms. The smallest absolute Gasteiger partial charge is 0.292 e. The lowest BCUT2D eigenvalue weighted by Crippen LogP contribution is -1.88. The molecule has 16 heavy (non-hydrogen) atoms. The summed E-state index contributed by atoms with van der Waals surface area (Å²) in [5.41, 5.74) is 0.812. The Bertz CT molecular complexity index is 428. The van der Waals surface area contributed by atoms with Crippen molar-refractivity contribution in [2.45, 2.75) is 13.8 Å².